The van der Waals surface area contributed by atoms with Crippen LogP contribution < -0.4 is 5.32 Å². The molecule has 0 aromatic heterocycles. The maximum atomic E-state index is 13.2. The van der Waals surface area contributed by atoms with E-state index < -0.39 is 11.5 Å². The zero-order valence-electron chi connectivity index (χ0n) is 15.4. The lowest BCUT2D eigenvalue weighted by atomic mass is 9.91. The number of nitrogens with one attached hydrogen (secondary N) is 1. The van der Waals surface area contributed by atoms with Gasteiger partial charge in [0.1, 0.15) is 5.54 Å². The minimum Gasteiger partial charge on any atom is -0.479 e. The zero-order chi connectivity index (χ0) is 19.0. The molecule has 4 nitrogen and oxygen atoms in total. The molecule has 2 aliphatic rings. The summed E-state index contributed by atoms with van der Waals surface area (Å²) in [5.74, 6) is -1.29. The Morgan fingerprint density at radius 1 is 1.04 bits per heavy atom. The van der Waals surface area contributed by atoms with Crippen molar-refractivity contribution in [3.8, 4) is 0 Å². The van der Waals surface area contributed by atoms with Crippen molar-refractivity contribution in [2.75, 3.05) is 0 Å². The van der Waals surface area contributed by atoms with Crippen molar-refractivity contribution in [1.29, 1.82) is 0 Å². The van der Waals surface area contributed by atoms with Crippen molar-refractivity contribution in [1.82, 2.24) is 5.32 Å². The Bertz CT molecular complexity index is 933. The molecule has 0 saturated heterocycles. The number of carboxylic acids is 1. The van der Waals surface area contributed by atoms with Crippen molar-refractivity contribution in [2.45, 2.75) is 44.6 Å². The van der Waals surface area contributed by atoms with E-state index in [2.05, 4.69) is 11.4 Å². The maximum Gasteiger partial charge on any atom is 0.330 e. The molecule has 138 valence electrons. The molecule has 0 atom stereocenters. The van der Waals surface area contributed by atoms with Gasteiger partial charge in [0.25, 0.3) is 5.91 Å². The maximum absolute atomic E-state index is 13.2. The first-order chi connectivity index (χ1) is 13.0. The third kappa shape index (κ3) is 3.05. The van der Waals surface area contributed by atoms with Gasteiger partial charge in [0, 0.05) is 18.4 Å². The standard InChI is InChI=1S/C23H23NO3/c1-15-7-6-12-19(20(15)16-8-2-3-9-16)21(25)24-23(22(26)27)13-17-10-4-5-11-18(17)14-23/h4-8,10-12H,2-3,9,13-14H2,1H3,(H,24,25)(H,26,27). The molecule has 4 rings (SSSR count). The van der Waals surface area contributed by atoms with E-state index in [1.54, 1.807) is 6.07 Å². The van der Waals surface area contributed by atoms with Crippen molar-refractivity contribution in [3.63, 3.8) is 0 Å². The lowest BCUT2D eigenvalue weighted by molar-refractivity contribution is -0.144. The molecular weight excluding hydrogens is 338 g/mol. The van der Waals surface area contributed by atoms with E-state index in [9.17, 15) is 14.7 Å². The number of benzene rings is 2. The fourth-order valence-corrected chi connectivity index (χ4v) is 4.37. The van der Waals surface area contributed by atoms with Crippen molar-refractivity contribution in [3.05, 3.63) is 76.4 Å². The SMILES string of the molecule is Cc1cccc(C(=O)NC2(C(=O)O)Cc3ccccc3C2)c1C1=CCCC1. The van der Waals surface area contributed by atoms with Gasteiger partial charge in [-0.25, -0.2) is 4.79 Å². The Morgan fingerprint density at radius 3 is 2.33 bits per heavy atom. The van der Waals surface area contributed by atoms with E-state index in [-0.39, 0.29) is 5.91 Å². The van der Waals surface area contributed by atoms with Crippen LogP contribution in [0.25, 0.3) is 5.57 Å². The molecule has 0 bridgehead atoms. The number of aliphatic carboxylic acids is 1. The van der Waals surface area contributed by atoms with Crippen LogP contribution in [-0.4, -0.2) is 22.5 Å². The summed E-state index contributed by atoms with van der Waals surface area (Å²) in [6, 6.07) is 13.4. The quantitative estimate of drug-likeness (QED) is 0.867. The summed E-state index contributed by atoms with van der Waals surface area (Å²) in [4.78, 5) is 25.3. The van der Waals surface area contributed by atoms with Crippen molar-refractivity contribution < 1.29 is 14.7 Å². The Hall–Kier alpha value is -2.88. The highest BCUT2D eigenvalue weighted by molar-refractivity contribution is 6.02. The number of rotatable bonds is 4. The van der Waals surface area contributed by atoms with Crippen LogP contribution in [0.2, 0.25) is 0 Å². The van der Waals surface area contributed by atoms with Gasteiger partial charge in [-0.1, -0.05) is 42.5 Å². The summed E-state index contributed by atoms with van der Waals surface area (Å²) in [5.41, 5.74) is 4.47. The first-order valence-corrected chi connectivity index (χ1v) is 9.42. The molecule has 0 fully saturated rings. The molecule has 0 radical (unpaired) electrons. The molecule has 27 heavy (non-hydrogen) atoms. The lowest BCUT2D eigenvalue weighted by Gasteiger charge is -2.26. The Balaban J connectivity index is 1.68. The number of carbonyl (C=O) groups excluding carboxylic acids is 1. The topological polar surface area (TPSA) is 66.4 Å². The van der Waals surface area contributed by atoms with Crippen molar-refractivity contribution in [2.24, 2.45) is 0 Å². The predicted molar refractivity (Wildman–Crippen MR) is 105 cm³/mol. The molecular formula is C23H23NO3. The van der Waals surface area contributed by atoms with Crippen LogP contribution in [0, 0.1) is 6.92 Å². The van der Waals surface area contributed by atoms with Gasteiger partial charge in [-0.3, -0.25) is 4.79 Å². The van der Waals surface area contributed by atoms with E-state index in [4.69, 9.17) is 0 Å². The van der Waals surface area contributed by atoms with Crippen LogP contribution >= 0.6 is 0 Å². The summed E-state index contributed by atoms with van der Waals surface area (Å²) >= 11 is 0. The second-order valence-electron chi connectivity index (χ2n) is 7.58. The zero-order valence-corrected chi connectivity index (χ0v) is 15.4. The van der Waals surface area contributed by atoms with Gasteiger partial charge < -0.3 is 10.4 Å². The molecule has 2 aromatic rings. The van der Waals surface area contributed by atoms with Gasteiger partial charge in [0.2, 0.25) is 0 Å². The number of fused-ring (bicyclic) bond motifs is 1. The molecule has 0 saturated carbocycles. The number of hydrogen-bond donors (Lipinski definition) is 2. The third-order valence-corrected chi connectivity index (χ3v) is 5.74. The van der Waals surface area contributed by atoms with Gasteiger partial charge in [0.05, 0.1) is 0 Å². The van der Waals surface area contributed by atoms with E-state index in [0.29, 0.717) is 18.4 Å². The monoisotopic (exact) mass is 361 g/mol. The van der Waals surface area contributed by atoms with Crippen molar-refractivity contribution >= 4 is 17.4 Å². The fraction of sp³-hybridized carbons (Fsp3) is 0.304. The van der Waals surface area contributed by atoms with E-state index in [1.807, 2.05) is 43.3 Å². The molecule has 2 aliphatic carbocycles. The number of amides is 1. The minimum atomic E-state index is -1.29. The first-order valence-electron chi connectivity index (χ1n) is 9.42. The molecule has 2 aromatic carbocycles. The predicted octanol–water partition coefficient (Wildman–Crippen LogP) is 3.91. The van der Waals surface area contributed by atoms with E-state index in [1.165, 1.54) is 5.57 Å². The molecule has 0 heterocycles. The number of carbonyl (C=O) groups is 2. The van der Waals surface area contributed by atoms with Gasteiger partial charge in [-0.15, -0.1) is 0 Å². The molecule has 4 heteroatoms. The normalized spacial score (nSPS) is 17.3. The lowest BCUT2D eigenvalue weighted by Crippen LogP contribution is -2.55. The summed E-state index contributed by atoms with van der Waals surface area (Å²) in [6.07, 6.45) is 5.90. The summed E-state index contributed by atoms with van der Waals surface area (Å²) in [6.45, 7) is 2.00. The molecule has 2 N–H and O–H groups in total. The Kier molecular flexibility index (Phi) is 4.34. The second-order valence-corrected chi connectivity index (χ2v) is 7.58. The highest BCUT2D eigenvalue weighted by Crippen LogP contribution is 2.34. The summed E-state index contributed by atoms with van der Waals surface area (Å²) in [7, 11) is 0. The van der Waals surface area contributed by atoms with Gasteiger partial charge >= 0.3 is 5.97 Å². The van der Waals surface area contributed by atoms with Crippen LogP contribution in [0.4, 0.5) is 0 Å². The largest absolute Gasteiger partial charge is 0.479 e. The molecule has 0 spiro atoms. The molecule has 1 amide bonds. The second kappa shape index (κ2) is 6.69. The number of allylic oxidation sites excluding steroid dienone is 2. The average molecular weight is 361 g/mol. The van der Waals surface area contributed by atoms with Crippen LogP contribution in [-0.2, 0) is 17.6 Å². The number of carboxylic acid groups (broad SMARTS) is 1. The smallest absolute Gasteiger partial charge is 0.330 e. The number of aryl methyl sites for hydroxylation is 1. The third-order valence-electron chi connectivity index (χ3n) is 5.74. The van der Waals surface area contributed by atoms with Gasteiger partial charge in [0.15, 0.2) is 0 Å². The average Bonchev–Trinajstić information content (AvgIpc) is 3.29. The fourth-order valence-electron chi connectivity index (χ4n) is 4.37. The van der Waals surface area contributed by atoms with E-state index >= 15 is 0 Å². The highest BCUT2D eigenvalue weighted by atomic mass is 16.4. The van der Waals surface area contributed by atoms with Crippen LogP contribution in [0.1, 0.15) is 51.9 Å². The molecule has 0 aliphatic heterocycles. The summed E-state index contributed by atoms with van der Waals surface area (Å²) < 4.78 is 0. The van der Waals surface area contributed by atoms with Crippen LogP contribution in [0.3, 0.4) is 0 Å². The Morgan fingerprint density at radius 2 is 1.74 bits per heavy atom. The van der Waals surface area contributed by atoms with Gasteiger partial charge in [-0.2, -0.15) is 0 Å². The Labute approximate surface area is 158 Å². The highest BCUT2D eigenvalue weighted by Gasteiger charge is 2.45. The molecule has 0 unspecified atom stereocenters. The van der Waals surface area contributed by atoms with Gasteiger partial charge in [-0.05, 0) is 60.1 Å². The van der Waals surface area contributed by atoms with E-state index in [0.717, 1.165) is 41.5 Å². The summed E-state index contributed by atoms with van der Waals surface area (Å²) in [5, 5.41) is 12.8. The van der Waals surface area contributed by atoms with Crippen LogP contribution in [0.5, 0.6) is 0 Å². The first kappa shape index (κ1) is 17.5. The minimum absolute atomic E-state index is 0.309. The van der Waals surface area contributed by atoms with Crippen LogP contribution in [0.15, 0.2) is 48.5 Å². The number of hydrogen-bond acceptors (Lipinski definition) is 2.